The first kappa shape index (κ1) is 8.16. The molecule has 12 heavy (non-hydrogen) atoms. The number of hydrogen-bond acceptors (Lipinski definition) is 3. The van der Waals surface area contributed by atoms with Gasteiger partial charge in [-0.25, -0.2) is 9.97 Å². The van der Waals surface area contributed by atoms with Crippen LogP contribution in [0.15, 0.2) is 23.6 Å². The summed E-state index contributed by atoms with van der Waals surface area (Å²) in [7, 11) is 0. The fourth-order valence-electron chi connectivity index (χ4n) is 0.642. The third-order valence-corrected chi connectivity index (χ3v) is 1.08. The lowest BCUT2D eigenvalue weighted by atomic mass is 10.4. The van der Waals surface area contributed by atoms with Gasteiger partial charge in [0, 0.05) is 17.3 Å². The maximum absolute atomic E-state index is 10.7. The third kappa shape index (κ3) is 2.36. The van der Waals surface area contributed by atoms with Gasteiger partial charge in [-0.15, -0.1) is 0 Å². The Hall–Kier alpha value is -1.94. The van der Waals surface area contributed by atoms with Crippen LogP contribution < -0.4 is 0 Å². The lowest BCUT2D eigenvalue weighted by Gasteiger charge is -1.91. The monoisotopic (exact) mass is 163 g/mol. The number of nitrogens with zero attached hydrogens (tertiary/aromatic N) is 5. The fourth-order valence-corrected chi connectivity index (χ4v) is 0.642. The number of rotatable bonds is 2. The predicted molar refractivity (Wildman–Crippen MR) is 39.9 cm³/mol. The summed E-state index contributed by atoms with van der Waals surface area (Å²) in [6.07, 6.45) is 2.99. The zero-order chi connectivity index (χ0) is 8.81. The number of amides is 1. The van der Waals surface area contributed by atoms with Crippen LogP contribution in [0.1, 0.15) is 5.82 Å². The van der Waals surface area contributed by atoms with Gasteiger partial charge in [-0.1, -0.05) is 0 Å². The summed E-state index contributed by atoms with van der Waals surface area (Å²) < 4.78 is 0. The van der Waals surface area contributed by atoms with Gasteiger partial charge in [0.05, 0.1) is 6.42 Å². The summed E-state index contributed by atoms with van der Waals surface area (Å²) in [6, 6.07) is 1.64. The molecule has 0 radical (unpaired) electrons. The Balaban J connectivity index is 2.64. The van der Waals surface area contributed by atoms with E-state index >= 15 is 0 Å². The molecule has 1 rings (SSSR count). The quantitative estimate of drug-likeness (QED) is 0.367. The summed E-state index contributed by atoms with van der Waals surface area (Å²) >= 11 is 0. The smallest absolute Gasteiger partial charge is 0.226 e. The van der Waals surface area contributed by atoms with Crippen LogP contribution in [0.2, 0.25) is 0 Å². The average Bonchev–Trinajstić information content (AvgIpc) is 2.06. The molecule has 0 aromatic carbocycles. The highest BCUT2D eigenvalue weighted by molar-refractivity contribution is 5.78. The van der Waals surface area contributed by atoms with Gasteiger partial charge in [-0.2, -0.15) is 0 Å². The van der Waals surface area contributed by atoms with Crippen LogP contribution in [0, 0.1) is 0 Å². The minimum absolute atomic E-state index is 0.0507. The molecule has 1 heterocycles. The minimum Gasteiger partial charge on any atom is -0.292 e. The molecule has 0 atom stereocenters. The SMILES string of the molecule is [N-]=[N+]=NC(=O)Cc1ncccn1. The molecular formula is C6H5N5O. The highest BCUT2D eigenvalue weighted by Gasteiger charge is 2.01. The van der Waals surface area contributed by atoms with Gasteiger partial charge in [-0.3, -0.25) is 4.79 Å². The number of aromatic nitrogens is 2. The van der Waals surface area contributed by atoms with E-state index in [0.717, 1.165) is 0 Å². The average molecular weight is 163 g/mol. The molecule has 0 aliphatic rings. The molecule has 0 saturated carbocycles. The van der Waals surface area contributed by atoms with Crippen molar-refractivity contribution in [3.63, 3.8) is 0 Å². The molecule has 1 amide bonds. The van der Waals surface area contributed by atoms with Gasteiger partial charge in [0.2, 0.25) is 5.91 Å². The van der Waals surface area contributed by atoms with E-state index in [1.807, 2.05) is 0 Å². The zero-order valence-corrected chi connectivity index (χ0v) is 6.08. The third-order valence-electron chi connectivity index (χ3n) is 1.08. The van der Waals surface area contributed by atoms with Crippen LogP contribution in [0.25, 0.3) is 10.4 Å². The first-order valence-corrected chi connectivity index (χ1v) is 3.17. The molecule has 0 fully saturated rings. The number of azide groups is 1. The summed E-state index contributed by atoms with van der Waals surface area (Å²) in [5, 5.41) is 2.88. The number of carbonyl (C=O) groups is 1. The molecule has 0 saturated heterocycles. The maximum atomic E-state index is 10.7. The van der Waals surface area contributed by atoms with Crippen LogP contribution in [-0.4, -0.2) is 15.9 Å². The number of carbonyl (C=O) groups excluding carboxylic acids is 1. The van der Waals surface area contributed by atoms with Gasteiger partial charge in [-0.05, 0) is 16.7 Å². The molecule has 0 bridgehead atoms. The molecule has 0 aliphatic heterocycles. The fraction of sp³-hybridized carbons (Fsp3) is 0.167. The highest BCUT2D eigenvalue weighted by Crippen LogP contribution is 1.91. The molecule has 1 aromatic heterocycles. The summed E-state index contributed by atoms with van der Waals surface area (Å²) in [6.45, 7) is 0. The highest BCUT2D eigenvalue weighted by atomic mass is 16.1. The van der Waals surface area contributed by atoms with Crippen molar-refractivity contribution in [2.75, 3.05) is 0 Å². The summed E-state index contributed by atoms with van der Waals surface area (Å²) in [5.74, 6) is -0.224. The van der Waals surface area contributed by atoms with E-state index in [1.165, 1.54) is 12.4 Å². The van der Waals surface area contributed by atoms with Crippen molar-refractivity contribution in [1.29, 1.82) is 0 Å². The van der Waals surface area contributed by atoms with E-state index in [0.29, 0.717) is 5.82 Å². The molecule has 1 aromatic rings. The lowest BCUT2D eigenvalue weighted by Crippen LogP contribution is -2.01. The van der Waals surface area contributed by atoms with Crippen molar-refractivity contribution in [3.05, 3.63) is 34.7 Å². The van der Waals surface area contributed by atoms with Crippen molar-refractivity contribution in [1.82, 2.24) is 9.97 Å². The van der Waals surface area contributed by atoms with Crippen molar-refractivity contribution in [3.8, 4) is 0 Å². The Morgan fingerprint density at radius 1 is 1.58 bits per heavy atom. The van der Waals surface area contributed by atoms with Gasteiger partial charge in [0.1, 0.15) is 5.82 Å². The molecule has 0 unspecified atom stereocenters. The standard InChI is InChI=1S/C6H5N5O/c7-11-10-6(12)4-5-8-2-1-3-9-5/h1-3H,4H2. The van der Waals surface area contributed by atoms with Gasteiger partial charge in [0.25, 0.3) is 0 Å². The molecule has 6 heteroatoms. The second-order valence-corrected chi connectivity index (χ2v) is 1.92. The molecule has 0 N–H and O–H groups in total. The van der Waals surface area contributed by atoms with E-state index in [-0.39, 0.29) is 6.42 Å². The first-order chi connectivity index (χ1) is 5.83. The van der Waals surface area contributed by atoms with Crippen molar-refractivity contribution in [2.24, 2.45) is 5.11 Å². The van der Waals surface area contributed by atoms with E-state index < -0.39 is 5.91 Å². The van der Waals surface area contributed by atoms with Crippen LogP contribution in [0.4, 0.5) is 0 Å². The van der Waals surface area contributed by atoms with Crippen LogP contribution in [0.3, 0.4) is 0 Å². The van der Waals surface area contributed by atoms with Crippen molar-refractivity contribution >= 4 is 5.91 Å². The number of hydrogen-bond donors (Lipinski definition) is 0. The lowest BCUT2D eigenvalue weighted by molar-refractivity contribution is -0.117. The van der Waals surface area contributed by atoms with Crippen LogP contribution in [0.5, 0.6) is 0 Å². The maximum Gasteiger partial charge on any atom is 0.226 e. The van der Waals surface area contributed by atoms with E-state index in [4.69, 9.17) is 5.53 Å². The molecule has 0 spiro atoms. The van der Waals surface area contributed by atoms with Gasteiger partial charge < -0.3 is 0 Å². The Kier molecular flexibility index (Phi) is 2.75. The van der Waals surface area contributed by atoms with E-state index in [2.05, 4.69) is 20.0 Å². The van der Waals surface area contributed by atoms with Crippen LogP contribution in [-0.2, 0) is 11.2 Å². The normalized spacial score (nSPS) is 8.67. The molecule has 6 nitrogen and oxygen atoms in total. The largest absolute Gasteiger partial charge is 0.292 e. The predicted octanol–water partition coefficient (Wildman–Crippen LogP) is 0.856. The zero-order valence-electron chi connectivity index (χ0n) is 6.08. The summed E-state index contributed by atoms with van der Waals surface area (Å²) in [4.78, 5) is 20.6. The Bertz CT molecular complexity index is 316. The van der Waals surface area contributed by atoms with E-state index in [9.17, 15) is 4.79 Å². The van der Waals surface area contributed by atoms with Crippen molar-refractivity contribution < 1.29 is 4.79 Å². The Labute approximate surface area is 67.9 Å². The van der Waals surface area contributed by atoms with Gasteiger partial charge in [0.15, 0.2) is 0 Å². The minimum atomic E-state index is -0.580. The second kappa shape index (κ2) is 4.05. The second-order valence-electron chi connectivity index (χ2n) is 1.92. The molecule has 0 aliphatic carbocycles. The topological polar surface area (TPSA) is 91.6 Å². The molecular weight excluding hydrogens is 158 g/mol. The Morgan fingerprint density at radius 2 is 2.25 bits per heavy atom. The molecule has 60 valence electrons. The van der Waals surface area contributed by atoms with E-state index in [1.54, 1.807) is 6.07 Å². The Morgan fingerprint density at radius 3 is 2.83 bits per heavy atom. The van der Waals surface area contributed by atoms with Gasteiger partial charge >= 0.3 is 0 Å². The van der Waals surface area contributed by atoms with Crippen molar-refractivity contribution in [2.45, 2.75) is 6.42 Å². The van der Waals surface area contributed by atoms with Crippen LogP contribution >= 0.6 is 0 Å². The summed E-state index contributed by atoms with van der Waals surface area (Å²) in [5.41, 5.74) is 7.91. The first-order valence-electron chi connectivity index (χ1n) is 3.17.